The van der Waals surface area contributed by atoms with Gasteiger partial charge >= 0.3 is 0 Å². The van der Waals surface area contributed by atoms with Crippen LogP contribution in [0.5, 0.6) is 11.5 Å². The van der Waals surface area contributed by atoms with Crippen LogP contribution < -0.4 is 10.1 Å². The SMILES string of the molecule is CC(C)(C)CNC(=O)c1ccc(Oc2ccc([N+](=O)[O-])cc2Cl)cn1. The molecule has 2 aromatic rings. The van der Waals surface area contributed by atoms with Crippen molar-refractivity contribution in [1.29, 1.82) is 0 Å². The second-order valence-corrected chi connectivity index (χ2v) is 7.00. The highest BCUT2D eigenvalue weighted by molar-refractivity contribution is 6.32. The number of nitrogens with zero attached hydrogens (tertiary/aromatic N) is 2. The summed E-state index contributed by atoms with van der Waals surface area (Å²) in [7, 11) is 0. The molecule has 0 spiro atoms. The first-order valence-electron chi connectivity index (χ1n) is 7.52. The molecule has 7 nitrogen and oxygen atoms in total. The van der Waals surface area contributed by atoms with Gasteiger partial charge in [-0.1, -0.05) is 32.4 Å². The fourth-order valence-corrected chi connectivity index (χ4v) is 2.04. The first-order valence-corrected chi connectivity index (χ1v) is 7.89. The van der Waals surface area contributed by atoms with Gasteiger partial charge in [0.15, 0.2) is 0 Å². The molecule has 0 aliphatic carbocycles. The maximum atomic E-state index is 12.0. The van der Waals surface area contributed by atoms with E-state index in [-0.39, 0.29) is 33.5 Å². The zero-order valence-corrected chi connectivity index (χ0v) is 14.8. The van der Waals surface area contributed by atoms with Gasteiger partial charge in [0, 0.05) is 18.7 Å². The number of non-ortho nitro benzene ring substituents is 1. The molecule has 2 rings (SSSR count). The molecule has 0 aliphatic rings. The number of hydrogen-bond acceptors (Lipinski definition) is 5. The van der Waals surface area contributed by atoms with Crippen molar-refractivity contribution in [2.24, 2.45) is 5.41 Å². The van der Waals surface area contributed by atoms with Gasteiger partial charge in [0.1, 0.15) is 17.2 Å². The van der Waals surface area contributed by atoms with Crippen LogP contribution in [-0.2, 0) is 0 Å². The summed E-state index contributed by atoms with van der Waals surface area (Å²) >= 11 is 5.98. The number of pyridine rings is 1. The van der Waals surface area contributed by atoms with Crippen molar-refractivity contribution in [3.63, 3.8) is 0 Å². The third-order valence-corrected chi connectivity index (χ3v) is 3.40. The van der Waals surface area contributed by atoms with E-state index in [0.29, 0.717) is 12.3 Å². The normalized spacial score (nSPS) is 11.0. The van der Waals surface area contributed by atoms with Gasteiger partial charge in [-0.05, 0) is 23.6 Å². The van der Waals surface area contributed by atoms with Crippen LogP contribution in [0.4, 0.5) is 5.69 Å². The lowest BCUT2D eigenvalue weighted by Crippen LogP contribution is -2.32. The molecule has 1 amide bonds. The fourth-order valence-electron chi connectivity index (χ4n) is 1.82. The number of carbonyl (C=O) groups excluding carboxylic acids is 1. The van der Waals surface area contributed by atoms with Crippen LogP contribution in [-0.4, -0.2) is 22.4 Å². The van der Waals surface area contributed by atoms with Crippen LogP contribution >= 0.6 is 11.6 Å². The Labute approximate surface area is 150 Å². The Morgan fingerprint density at radius 3 is 2.56 bits per heavy atom. The number of ether oxygens (including phenoxy) is 1. The Bertz CT molecular complexity index is 785. The zero-order valence-electron chi connectivity index (χ0n) is 14.1. The quantitative estimate of drug-likeness (QED) is 0.634. The first-order chi connectivity index (χ1) is 11.7. The molecule has 1 heterocycles. The summed E-state index contributed by atoms with van der Waals surface area (Å²) in [6.45, 7) is 6.59. The molecule has 0 bridgehead atoms. The molecule has 1 N–H and O–H groups in total. The number of halogens is 1. The topological polar surface area (TPSA) is 94.4 Å². The zero-order chi connectivity index (χ0) is 18.6. The summed E-state index contributed by atoms with van der Waals surface area (Å²) in [5, 5.41) is 13.6. The van der Waals surface area contributed by atoms with Crippen molar-refractivity contribution in [2.75, 3.05) is 6.54 Å². The highest BCUT2D eigenvalue weighted by Crippen LogP contribution is 2.32. The van der Waals surface area contributed by atoms with Crippen molar-refractivity contribution in [3.8, 4) is 11.5 Å². The lowest BCUT2D eigenvalue weighted by atomic mass is 9.97. The summed E-state index contributed by atoms with van der Waals surface area (Å²) in [5.74, 6) is 0.358. The molecule has 0 atom stereocenters. The lowest BCUT2D eigenvalue weighted by molar-refractivity contribution is -0.384. The number of carbonyl (C=O) groups is 1. The first kappa shape index (κ1) is 18.7. The van der Waals surface area contributed by atoms with Crippen molar-refractivity contribution in [1.82, 2.24) is 10.3 Å². The number of benzene rings is 1. The minimum absolute atomic E-state index is 0.0224. The molecular formula is C17H18ClN3O4. The number of hydrogen-bond donors (Lipinski definition) is 1. The highest BCUT2D eigenvalue weighted by atomic mass is 35.5. The van der Waals surface area contributed by atoms with E-state index in [0.717, 1.165) is 0 Å². The van der Waals surface area contributed by atoms with Crippen molar-refractivity contribution in [2.45, 2.75) is 20.8 Å². The average molecular weight is 364 g/mol. The van der Waals surface area contributed by atoms with Crippen LogP contribution in [0.3, 0.4) is 0 Å². The third kappa shape index (κ3) is 5.42. The van der Waals surface area contributed by atoms with E-state index in [4.69, 9.17) is 16.3 Å². The Morgan fingerprint density at radius 2 is 2.04 bits per heavy atom. The Balaban J connectivity index is 2.05. The summed E-state index contributed by atoms with van der Waals surface area (Å²) in [6.07, 6.45) is 1.39. The molecule has 25 heavy (non-hydrogen) atoms. The maximum absolute atomic E-state index is 12.0. The molecule has 8 heteroatoms. The predicted octanol–water partition coefficient (Wildman–Crippen LogP) is 4.21. The molecule has 0 unspecified atom stereocenters. The van der Waals surface area contributed by atoms with Gasteiger partial charge < -0.3 is 10.1 Å². The predicted molar refractivity (Wildman–Crippen MR) is 94.2 cm³/mol. The number of nitrogens with one attached hydrogen (secondary N) is 1. The molecule has 132 valence electrons. The second kappa shape index (κ2) is 7.48. The summed E-state index contributed by atoms with van der Waals surface area (Å²) < 4.78 is 5.54. The fraction of sp³-hybridized carbons (Fsp3) is 0.294. The Morgan fingerprint density at radius 1 is 1.32 bits per heavy atom. The smallest absolute Gasteiger partial charge is 0.271 e. The van der Waals surface area contributed by atoms with E-state index in [2.05, 4.69) is 10.3 Å². The van der Waals surface area contributed by atoms with Crippen molar-refractivity contribution in [3.05, 3.63) is 57.4 Å². The van der Waals surface area contributed by atoms with Crippen LogP contribution in [0, 0.1) is 15.5 Å². The summed E-state index contributed by atoms with van der Waals surface area (Å²) in [5.41, 5.74) is 0.124. The number of nitro groups is 1. The minimum Gasteiger partial charge on any atom is -0.454 e. The van der Waals surface area contributed by atoms with Gasteiger partial charge in [-0.3, -0.25) is 14.9 Å². The molecule has 0 aliphatic heterocycles. The lowest BCUT2D eigenvalue weighted by Gasteiger charge is -2.18. The summed E-state index contributed by atoms with van der Waals surface area (Å²) in [4.78, 5) is 26.2. The van der Waals surface area contributed by atoms with Gasteiger partial charge in [0.25, 0.3) is 11.6 Å². The maximum Gasteiger partial charge on any atom is 0.271 e. The van der Waals surface area contributed by atoms with E-state index in [1.54, 1.807) is 6.07 Å². The number of amides is 1. The van der Waals surface area contributed by atoms with Gasteiger partial charge in [-0.25, -0.2) is 4.98 Å². The number of aromatic nitrogens is 1. The molecule has 0 saturated carbocycles. The molecule has 0 fully saturated rings. The molecule has 0 saturated heterocycles. The van der Waals surface area contributed by atoms with Crippen molar-refractivity contribution >= 4 is 23.2 Å². The van der Waals surface area contributed by atoms with Crippen LogP contribution in [0.1, 0.15) is 31.3 Å². The standard InChI is InChI=1S/C17H18ClN3O4/c1-17(2,3)10-20-16(22)14-6-5-12(9-19-14)25-15-7-4-11(21(23)24)8-13(15)18/h4-9H,10H2,1-3H3,(H,20,22). The van der Waals surface area contributed by atoms with Crippen molar-refractivity contribution < 1.29 is 14.5 Å². The second-order valence-electron chi connectivity index (χ2n) is 6.60. The van der Waals surface area contributed by atoms with E-state index in [1.165, 1.54) is 30.5 Å². The van der Waals surface area contributed by atoms with E-state index in [1.807, 2.05) is 20.8 Å². The Kier molecular flexibility index (Phi) is 5.58. The largest absolute Gasteiger partial charge is 0.454 e. The number of rotatable bonds is 5. The monoisotopic (exact) mass is 363 g/mol. The average Bonchev–Trinajstić information content (AvgIpc) is 2.54. The van der Waals surface area contributed by atoms with E-state index >= 15 is 0 Å². The van der Waals surface area contributed by atoms with Gasteiger partial charge in [0.2, 0.25) is 0 Å². The van der Waals surface area contributed by atoms with Crippen LogP contribution in [0.2, 0.25) is 5.02 Å². The highest BCUT2D eigenvalue weighted by Gasteiger charge is 2.15. The van der Waals surface area contributed by atoms with Gasteiger partial charge in [-0.15, -0.1) is 0 Å². The molecule has 1 aromatic carbocycles. The van der Waals surface area contributed by atoms with Crippen LogP contribution in [0.25, 0.3) is 0 Å². The molecule has 1 aromatic heterocycles. The van der Waals surface area contributed by atoms with E-state index < -0.39 is 4.92 Å². The van der Waals surface area contributed by atoms with E-state index in [9.17, 15) is 14.9 Å². The van der Waals surface area contributed by atoms with Gasteiger partial charge in [0.05, 0.1) is 16.1 Å². The third-order valence-electron chi connectivity index (χ3n) is 3.10. The summed E-state index contributed by atoms with van der Waals surface area (Å²) in [6, 6.07) is 7.02. The van der Waals surface area contributed by atoms with Gasteiger partial charge in [-0.2, -0.15) is 0 Å². The Hall–Kier alpha value is -2.67. The molecule has 0 radical (unpaired) electrons. The number of nitro benzene ring substituents is 1. The minimum atomic E-state index is -0.539. The van der Waals surface area contributed by atoms with Crippen LogP contribution in [0.15, 0.2) is 36.5 Å². The molecular weight excluding hydrogens is 346 g/mol.